The summed E-state index contributed by atoms with van der Waals surface area (Å²) in [4.78, 5) is 10.8. The molecular formula is C8H11F5O2. The number of rotatable bonds is 4. The maximum Gasteiger partial charge on any atom is 0.454 e. The maximum absolute atomic E-state index is 12.8. The van der Waals surface area contributed by atoms with E-state index in [0.29, 0.717) is 0 Å². The fourth-order valence-corrected chi connectivity index (χ4v) is 1.08. The van der Waals surface area contributed by atoms with Crippen molar-refractivity contribution in [1.29, 1.82) is 0 Å². The van der Waals surface area contributed by atoms with Crippen molar-refractivity contribution >= 4 is 5.97 Å². The van der Waals surface area contributed by atoms with Crippen LogP contribution < -0.4 is 0 Å². The van der Waals surface area contributed by atoms with Crippen molar-refractivity contribution < 1.29 is 31.5 Å². The Labute approximate surface area is 83.4 Å². The first-order chi connectivity index (χ1) is 6.68. The summed E-state index contributed by atoms with van der Waals surface area (Å²) in [6, 6.07) is 0. The highest BCUT2D eigenvalue weighted by Gasteiger charge is 2.64. The Morgan fingerprint density at radius 2 is 1.73 bits per heavy atom. The molecule has 0 aliphatic heterocycles. The first-order valence-electron chi connectivity index (χ1n) is 4.20. The van der Waals surface area contributed by atoms with E-state index in [0.717, 1.165) is 7.11 Å². The van der Waals surface area contributed by atoms with Crippen LogP contribution in [0.4, 0.5) is 22.0 Å². The third kappa shape index (κ3) is 3.04. The van der Waals surface area contributed by atoms with E-state index >= 15 is 0 Å². The number of ether oxygens (including phenoxy) is 1. The number of hydrogen-bond acceptors (Lipinski definition) is 2. The SMILES string of the molecule is CCCC(C(=O)OC)C(F)(F)C(F)(F)F. The maximum atomic E-state index is 12.8. The van der Waals surface area contributed by atoms with E-state index in [2.05, 4.69) is 4.74 Å². The molecule has 0 aliphatic rings. The van der Waals surface area contributed by atoms with Crippen LogP contribution in [0.25, 0.3) is 0 Å². The number of hydrogen-bond donors (Lipinski definition) is 0. The van der Waals surface area contributed by atoms with Gasteiger partial charge in [0.2, 0.25) is 0 Å². The van der Waals surface area contributed by atoms with Crippen LogP contribution in [0, 0.1) is 5.92 Å². The molecule has 0 radical (unpaired) electrons. The molecule has 0 fully saturated rings. The molecule has 0 spiro atoms. The third-order valence-corrected chi connectivity index (χ3v) is 1.88. The summed E-state index contributed by atoms with van der Waals surface area (Å²) >= 11 is 0. The van der Waals surface area contributed by atoms with Gasteiger partial charge in [-0.2, -0.15) is 22.0 Å². The standard InChI is InChI=1S/C8H11F5O2/c1-3-4-5(6(14)15-2)7(9,10)8(11,12)13/h5H,3-4H2,1-2H3. The minimum Gasteiger partial charge on any atom is -0.469 e. The average molecular weight is 234 g/mol. The van der Waals surface area contributed by atoms with Gasteiger partial charge in [0.1, 0.15) is 5.92 Å². The molecule has 0 aromatic rings. The van der Waals surface area contributed by atoms with Crippen molar-refractivity contribution in [2.75, 3.05) is 7.11 Å². The molecule has 90 valence electrons. The molecule has 2 nitrogen and oxygen atoms in total. The van der Waals surface area contributed by atoms with Crippen molar-refractivity contribution in [3.05, 3.63) is 0 Å². The van der Waals surface area contributed by atoms with E-state index < -0.39 is 30.4 Å². The van der Waals surface area contributed by atoms with Crippen LogP contribution in [-0.2, 0) is 9.53 Å². The molecule has 0 aromatic carbocycles. The van der Waals surface area contributed by atoms with Gasteiger partial charge in [-0.05, 0) is 6.42 Å². The van der Waals surface area contributed by atoms with Gasteiger partial charge in [-0.15, -0.1) is 0 Å². The second-order valence-corrected chi connectivity index (χ2v) is 2.99. The molecule has 0 N–H and O–H groups in total. The summed E-state index contributed by atoms with van der Waals surface area (Å²) in [5.41, 5.74) is 0. The van der Waals surface area contributed by atoms with Gasteiger partial charge >= 0.3 is 18.1 Å². The fraction of sp³-hybridized carbons (Fsp3) is 0.875. The Kier molecular flexibility index (Phi) is 4.48. The summed E-state index contributed by atoms with van der Waals surface area (Å²) in [6.07, 6.45) is -6.27. The second-order valence-electron chi connectivity index (χ2n) is 2.99. The van der Waals surface area contributed by atoms with Gasteiger partial charge in [0.25, 0.3) is 0 Å². The number of methoxy groups -OCH3 is 1. The van der Waals surface area contributed by atoms with Crippen LogP contribution in [0.2, 0.25) is 0 Å². The van der Waals surface area contributed by atoms with E-state index in [4.69, 9.17) is 0 Å². The van der Waals surface area contributed by atoms with Crippen LogP contribution in [0.15, 0.2) is 0 Å². The largest absolute Gasteiger partial charge is 0.469 e. The second kappa shape index (κ2) is 4.76. The average Bonchev–Trinajstić information content (AvgIpc) is 2.10. The molecule has 0 amide bonds. The fourth-order valence-electron chi connectivity index (χ4n) is 1.08. The van der Waals surface area contributed by atoms with Gasteiger partial charge < -0.3 is 4.74 Å². The van der Waals surface area contributed by atoms with Crippen molar-refractivity contribution in [1.82, 2.24) is 0 Å². The number of carbonyl (C=O) groups excluding carboxylic acids is 1. The van der Waals surface area contributed by atoms with Gasteiger partial charge in [-0.25, -0.2) is 0 Å². The summed E-state index contributed by atoms with van der Waals surface area (Å²) in [6.45, 7) is 1.41. The molecule has 7 heteroatoms. The van der Waals surface area contributed by atoms with Gasteiger partial charge in [-0.3, -0.25) is 4.79 Å². The predicted octanol–water partition coefficient (Wildman–Crippen LogP) is 2.77. The van der Waals surface area contributed by atoms with E-state index in [-0.39, 0.29) is 6.42 Å². The predicted molar refractivity (Wildman–Crippen MR) is 41.4 cm³/mol. The summed E-state index contributed by atoms with van der Waals surface area (Å²) < 4.78 is 65.4. The molecule has 0 aromatic heterocycles. The molecule has 15 heavy (non-hydrogen) atoms. The number of halogens is 5. The first kappa shape index (κ1) is 14.1. The van der Waals surface area contributed by atoms with Gasteiger partial charge in [0, 0.05) is 0 Å². The van der Waals surface area contributed by atoms with E-state index in [1.54, 1.807) is 0 Å². The normalized spacial score (nSPS) is 14.9. The van der Waals surface area contributed by atoms with Gasteiger partial charge in [0.15, 0.2) is 0 Å². The minimum absolute atomic E-state index is 0.0332. The molecule has 1 atom stereocenters. The third-order valence-electron chi connectivity index (χ3n) is 1.88. The molecule has 0 saturated heterocycles. The van der Waals surface area contributed by atoms with Gasteiger partial charge in [-0.1, -0.05) is 13.3 Å². The number of carbonyl (C=O) groups is 1. The Balaban J connectivity index is 4.98. The lowest BCUT2D eigenvalue weighted by atomic mass is 9.96. The lowest BCUT2D eigenvalue weighted by Gasteiger charge is -2.26. The highest BCUT2D eigenvalue weighted by molar-refractivity contribution is 5.73. The van der Waals surface area contributed by atoms with E-state index in [1.807, 2.05) is 0 Å². The van der Waals surface area contributed by atoms with E-state index in [9.17, 15) is 26.7 Å². The van der Waals surface area contributed by atoms with Gasteiger partial charge in [0.05, 0.1) is 7.11 Å². The quantitative estimate of drug-likeness (QED) is 0.552. The molecule has 0 heterocycles. The Morgan fingerprint density at radius 1 is 1.27 bits per heavy atom. The van der Waals surface area contributed by atoms with Crippen molar-refractivity contribution in [2.45, 2.75) is 31.9 Å². The summed E-state index contributed by atoms with van der Waals surface area (Å²) in [7, 11) is 0.775. The minimum atomic E-state index is -5.74. The van der Waals surface area contributed by atoms with Crippen molar-refractivity contribution in [3.63, 3.8) is 0 Å². The van der Waals surface area contributed by atoms with Crippen LogP contribution in [0.5, 0.6) is 0 Å². The van der Waals surface area contributed by atoms with Crippen LogP contribution in [0.1, 0.15) is 19.8 Å². The van der Waals surface area contributed by atoms with Crippen LogP contribution >= 0.6 is 0 Å². The lowest BCUT2D eigenvalue weighted by Crippen LogP contribution is -2.47. The van der Waals surface area contributed by atoms with Crippen LogP contribution in [0.3, 0.4) is 0 Å². The number of esters is 1. The van der Waals surface area contributed by atoms with E-state index in [1.165, 1.54) is 6.92 Å². The smallest absolute Gasteiger partial charge is 0.454 e. The highest BCUT2D eigenvalue weighted by atomic mass is 19.4. The molecule has 1 unspecified atom stereocenters. The zero-order chi connectivity index (χ0) is 12.3. The topological polar surface area (TPSA) is 26.3 Å². The zero-order valence-corrected chi connectivity index (χ0v) is 8.20. The first-order valence-corrected chi connectivity index (χ1v) is 4.20. The Bertz CT molecular complexity index is 224. The molecule has 0 saturated carbocycles. The van der Waals surface area contributed by atoms with Crippen LogP contribution in [-0.4, -0.2) is 25.2 Å². The lowest BCUT2D eigenvalue weighted by molar-refractivity contribution is -0.301. The molecule has 0 rings (SSSR count). The molecule has 0 bridgehead atoms. The summed E-state index contributed by atoms with van der Waals surface area (Å²) in [5, 5.41) is 0. The van der Waals surface area contributed by atoms with Crippen molar-refractivity contribution in [3.8, 4) is 0 Å². The zero-order valence-electron chi connectivity index (χ0n) is 8.20. The Morgan fingerprint density at radius 3 is 2.00 bits per heavy atom. The Hall–Kier alpha value is -0.880. The summed E-state index contributed by atoms with van der Waals surface area (Å²) in [5.74, 6) is -9.05. The number of alkyl halides is 5. The van der Waals surface area contributed by atoms with Crippen molar-refractivity contribution in [2.24, 2.45) is 5.92 Å². The monoisotopic (exact) mass is 234 g/mol. The highest BCUT2D eigenvalue weighted by Crippen LogP contribution is 2.43. The molecular weight excluding hydrogens is 223 g/mol. The molecule has 0 aliphatic carbocycles.